The SMILES string of the molecule is NCC1=CC(C(F)F)=C(O)CC1. The van der Waals surface area contributed by atoms with E-state index in [1.807, 2.05) is 0 Å². The van der Waals surface area contributed by atoms with Crippen LogP contribution in [0.3, 0.4) is 0 Å². The number of allylic oxidation sites excluding steroid dienone is 3. The van der Waals surface area contributed by atoms with Gasteiger partial charge in [0.15, 0.2) is 0 Å². The predicted molar refractivity (Wildman–Crippen MR) is 42.0 cm³/mol. The third kappa shape index (κ3) is 1.82. The van der Waals surface area contributed by atoms with Crippen LogP contribution in [0, 0.1) is 0 Å². The van der Waals surface area contributed by atoms with Gasteiger partial charge in [0.05, 0.1) is 5.57 Å². The highest BCUT2D eigenvalue weighted by Crippen LogP contribution is 2.25. The molecule has 0 heterocycles. The monoisotopic (exact) mass is 175 g/mol. The summed E-state index contributed by atoms with van der Waals surface area (Å²) in [6, 6.07) is 0. The first-order chi connectivity index (χ1) is 5.65. The Kier molecular flexibility index (Phi) is 2.81. The smallest absolute Gasteiger partial charge is 0.267 e. The van der Waals surface area contributed by atoms with Crippen LogP contribution in [-0.4, -0.2) is 18.1 Å². The van der Waals surface area contributed by atoms with Gasteiger partial charge in [-0.25, -0.2) is 8.78 Å². The van der Waals surface area contributed by atoms with Crippen molar-refractivity contribution in [3.8, 4) is 0 Å². The Morgan fingerprint density at radius 2 is 2.17 bits per heavy atom. The molecule has 0 fully saturated rings. The molecule has 3 N–H and O–H groups in total. The quantitative estimate of drug-likeness (QED) is 0.671. The number of nitrogens with two attached hydrogens (primary N) is 1. The van der Waals surface area contributed by atoms with Crippen molar-refractivity contribution in [3.05, 3.63) is 23.0 Å². The second-order valence-corrected chi connectivity index (χ2v) is 2.71. The fourth-order valence-corrected chi connectivity index (χ4v) is 1.15. The van der Waals surface area contributed by atoms with Crippen LogP contribution in [0.25, 0.3) is 0 Å². The molecule has 1 aliphatic carbocycles. The van der Waals surface area contributed by atoms with Gasteiger partial charge in [-0.2, -0.15) is 0 Å². The Bertz CT molecular complexity index is 233. The molecule has 0 unspecified atom stereocenters. The number of aliphatic hydroxyl groups is 1. The van der Waals surface area contributed by atoms with Gasteiger partial charge in [-0.1, -0.05) is 5.57 Å². The van der Waals surface area contributed by atoms with Crippen LogP contribution in [-0.2, 0) is 0 Å². The third-order valence-electron chi connectivity index (χ3n) is 1.87. The number of aliphatic hydroxyl groups excluding tert-OH is 1. The second-order valence-electron chi connectivity index (χ2n) is 2.71. The Morgan fingerprint density at radius 3 is 2.67 bits per heavy atom. The zero-order valence-corrected chi connectivity index (χ0v) is 6.56. The van der Waals surface area contributed by atoms with Crippen molar-refractivity contribution in [1.29, 1.82) is 0 Å². The Labute approximate surface area is 69.4 Å². The molecule has 1 rings (SSSR count). The third-order valence-corrected chi connectivity index (χ3v) is 1.87. The molecule has 0 spiro atoms. The first kappa shape index (κ1) is 9.19. The molecule has 0 saturated heterocycles. The van der Waals surface area contributed by atoms with Gasteiger partial charge in [0.2, 0.25) is 0 Å². The second kappa shape index (κ2) is 3.67. The van der Waals surface area contributed by atoms with Crippen LogP contribution in [0.2, 0.25) is 0 Å². The van der Waals surface area contributed by atoms with Crippen molar-refractivity contribution in [3.63, 3.8) is 0 Å². The molecule has 0 aromatic rings. The largest absolute Gasteiger partial charge is 0.512 e. The average molecular weight is 175 g/mol. The molecule has 4 heteroatoms. The standard InChI is InChI=1S/C8H11F2NO/c9-8(10)6-3-5(4-11)1-2-7(6)12/h3,8,12H,1-2,4,11H2. The van der Waals surface area contributed by atoms with E-state index in [4.69, 9.17) is 10.8 Å². The van der Waals surface area contributed by atoms with Gasteiger partial charge in [-0.05, 0) is 12.5 Å². The molecule has 2 nitrogen and oxygen atoms in total. The summed E-state index contributed by atoms with van der Waals surface area (Å²) in [6.45, 7) is 0.281. The number of hydrogen-bond donors (Lipinski definition) is 2. The van der Waals surface area contributed by atoms with Gasteiger partial charge in [-0.3, -0.25) is 0 Å². The molecule has 12 heavy (non-hydrogen) atoms. The Morgan fingerprint density at radius 1 is 1.50 bits per heavy atom. The van der Waals surface area contributed by atoms with E-state index in [-0.39, 0.29) is 24.3 Å². The molecule has 0 aromatic carbocycles. The van der Waals surface area contributed by atoms with Gasteiger partial charge in [0.25, 0.3) is 6.43 Å². The van der Waals surface area contributed by atoms with E-state index in [1.165, 1.54) is 6.08 Å². The first-order valence-corrected chi connectivity index (χ1v) is 3.74. The van der Waals surface area contributed by atoms with Crippen LogP contribution < -0.4 is 5.73 Å². The van der Waals surface area contributed by atoms with Crippen molar-refractivity contribution >= 4 is 0 Å². The summed E-state index contributed by atoms with van der Waals surface area (Å²) in [5, 5.41) is 9.07. The Balaban J connectivity index is 2.86. The molecule has 0 atom stereocenters. The molecule has 0 aromatic heterocycles. The Hall–Kier alpha value is -0.900. The van der Waals surface area contributed by atoms with E-state index >= 15 is 0 Å². The molecule has 0 aliphatic heterocycles. The van der Waals surface area contributed by atoms with Crippen molar-refractivity contribution in [2.45, 2.75) is 19.3 Å². The predicted octanol–water partition coefficient (Wildman–Crippen LogP) is 1.74. The van der Waals surface area contributed by atoms with Crippen molar-refractivity contribution < 1.29 is 13.9 Å². The highest BCUT2D eigenvalue weighted by molar-refractivity contribution is 5.32. The minimum Gasteiger partial charge on any atom is -0.512 e. The summed E-state index contributed by atoms with van der Waals surface area (Å²) in [6.07, 6.45) is -0.447. The van der Waals surface area contributed by atoms with Gasteiger partial charge in [-0.15, -0.1) is 0 Å². The average Bonchev–Trinajstić information content (AvgIpc) is 2.05. The zero-order chi connectivity index (χ0) is 9.14. The van der Waals surface area contributed by atoms with Gasteiger partial charge < -0.3 is 10.8 Å². The fraction of sp³-hybridized carbons (Fsp3) is 0.500. The summed E-state index contributed by atoms with van der Waals surface area (Å²) in [4.78, 5) is 0. The summed E-state index contributed by atoms with van der Waals surface area (Å²) in [5.41, 5.74) is 5.78. The zero-order valence-electron chi connectivity index (χ0n) is 6.56. The number of halogens is 2. The molecule has 0 saturated carbocycles. The van der Waals surface area contributed by atoms with Crippen LogP contribution in [0.4, 0.5) is 8.78 Å². The minimum absolute atomic E-state index is 0.206. The molecule has 0 bridgehead atoms. The minimum atomic E-state index is -2.60. The normalized spacial score (nSPS) is 18.5. The van der Waals surface area contributed by atoms with Gasteiger partial charge >= 0.3 is 0 Å². The van der Waals surface area contributed by atoms with E-state index in [0.29, 0.717) is 6.42 Å². The molecule has 68 valence electrons. The lowest BCUT2D eigenvalue weighted by Crippen LogP contribution is -2.11. The van der Waals surface area contributed by atoms with Gasteiger partial charge in [0.1, 0.15) is 5.76 Å². The molecule has 1 aliphatic rings. The highest BCUT2D eigenvalue weighted by atomic mass is 19.3. The van der Waals surface area contributed by atoms with E-state index in [2.05, 4.69) is 0 Å². The molecule has 0 radical (unpaired) electrons. The molecular weight excluding hydrogens is 164 g/mol. The number of rotatable bonds is 2. The van der Waals surface area contributed by atoms with Crippen LogP contribution in [0.15, 0.2) is 23.0 Å². The van der Waals surface area contributed by atoms with Crippen molar-refractivity contribution in [1.82, 2.24) is 0 Å². The summed E-state index contributed by atoms with van der Waals surface area (Å²) in [7, 11) is 0. The summed E-state index contributed by atoms with van der Waals surface area (Å²) >= 11 is 0. The van der Waals surface area contributed by atoms with E-state index in [1.54, 1.807) is 0 Å². The molecule has 0 amide bonds. The number of alkyl halides is 2. The lowest BCUT2D eigenvalue weighted by Gasteiger charge is -2.14. The van der Waals surface area contributed by atoms with E-state index in [0.717, 1.165) is 5.57 Å². The fourth-order valence-electron chi connectivity index (χ4n) is 1.15. The van der Waals surface area contributed by atoms with Crippen molar-refractivity contribution in [2.75, 3.05) is 6.54 Å². The van der Waals surface area contributed by atoms with Crippen molar-refractivity contribution in [2.24, 2.45) is 5.73 Å². The maximum Gasteiger partial charge on any atom is 0.267 e. The summed E-state index contributed by atoms with van der Waals surface area (Å²) in [5.74, 6) is -0.206. The maximum atomic E-state index is 12.2. The highest BCUT2D eigenvalue weighted by Gasteiger charge is 2.18. The topological polar surface area (TPSA) is 46.2 Å². The molecular formula is C8H11F2NO. The van der Waals surface area contributed by atoms with Crippen LogP contribution in [0.5, 0.6) is 0 Å². The van der Waals surface area contributed by atoms with Crippen LogP contribution in [0.1, 0.15) is 12.8 Å². The number of hydrogen-bond acceptors (Lipinski definition) is 2. The maximum absolute atomic E-state index is 12.2. The first-order valence-electron chi connectivity index (χ1n) is 3.74. The lowest BCUT2D eigenvalue weighted by molar-refractivity contribution is 0.183. The van der Waals surface area contributed by atoms with E-state index < -0.39 is 6.43 Å². The lowest BCUT2D eigenvalue weighted by atomic mass is 9.98. The van der Waals surface area contributed by atoms with Gasteiger partial charge in [0, 0.05) is 13.0 Å². The summed E-state index contributed by atoms with van der Waals surface area (Å²) < 4.78 is 24.4. The van der Waals surface area contributed by atoms with E-state index in [9.17, 15) is 8.78 Å². The van der Waals surface area contributed by atoms with Crippen LogP contribution >= 0.6 is 0 Å².